The van der Waals surface area contributed by atoms with Gasteiger partial charge in [-0.05, 0) is 36.6 Å². The maximum absolute atomic E-state index is 13.8. The van der Waals surface area contributed by atoms with E-state index in [2.05, 4.69) is 36.5 Å². The number of hydrogen-bond acceptors (Lipinski definition) is 3. The number of aromatic nitrogens is 1. The van der Waals surface area contributed by atoms with E-state index >= 15 is 0 Å². The minimum atomic E-state index is -0.180. The fraction of sp³-hybridized carbons (Fsp3) is 0.333. The highest BCUT2D eigenvalue weighted by Gasteiger charge is 2.05. The maximum atomic E-state index is 13.8. The molecule has 1 aromatic carbocycles. The maximum Gasteiger partial charge on any atom is 0.218 e. The second-order valence-corrected chi connectivity index (χ2v) is 6.28. The quantitative estimate of drug-likeness (QED) is 0.419. The SMILES string of the molecule is CN=C(NCCCc1ccc(Br)cc1F)NCc1cccnc1OC. The molecule has 2 rings (SSSR count). The van der Waals surface area contributed by atoms with Gasteiger partial charge in [0.15, 0.2) is 5.96 Å². The van der Waals surface area contributed by atoms with Gasteiger partial charge in [0.05, 0.1) is 7.11 Å². The zero-order valence-corrected chi connectivity index (χ0v) is 15.9. The van der Waals surface area contributed by atoms with Gasteiger partial charge in [0.1, 0.15) is 5.82 Å². The predicted molar refractivity (Wildman–Crippen MR) is 101 cm³/mol. The van der Waals surface area contributed by atoms with Crippen LogP contribution in [0.15, 0.2) is 46.0 Å². The molecule has 0 radical (unpaired) electrons. The molecule has 0 aliphatic heterocycles. The molecule has 5 nitrogen and oxygen atoms in total. The number of pyridine rings is 1. The number of rotatable bonds is 7. The van der Waals surface area contributed by atoms with Crippen molar-refractivity contribution < 1.29 is 9.13 Å². The molecule has 0 atom stereocenters. The van der Waals surface area contributed by atoms with Crippen molar-refractivity contribution in [1.82, 2.24) is 15.6 Å². The highest BCUT2D eigenvalue weighted by Crippen LogP contribution is 2.16. The Morgan fingerprint density at radius 1 is 1.28 bits per heavy atom. The number of nitrogens with one attached hydrogen (secondary N) is 2. The average Bonchev–Trinajstić information content (AvgIpc) is 2.62. The summed E-state index contributed by atoms with van der Waals surface area (Å²) >= 11 is 3.26. The first-order valence-corrected chi connectivity index (χ1v) is 8.79. The summed E-state index contributed by atoms with van der Waals surface area (Å²) in [7, 11) is 3.31. The molecule has 0 spiro atoms. The van der Waals surface area contributed by atoms with Crippen LogP contribution in [0.25, 0.3) is 0 Å². The van der Waals surface area contributed by atoms with E-state index in [0.717, 1.165) is 16.5 Å². The van der Waals surface area contributed by atoms with Gasteiger partial charge in [-0.1, -0.05) is 28.1 Å². The van der Waals surface area contributed by atoms with Crippen LogP contribution in [0.1, 0.15) is 17.5 Å². The summed E-state index contributed by atoms with van der Waals surface area (Å²) in [5.74, 6) is 1.10. The van der Waals surface area contributed by atoms with E-state index in [4.69, 9.17) is 4.74 Å². The van der Waals surface area contributed by atoms with Gasteiger partial charge in [-0.3, -0.25) is 4.99 Å². The number of hydrogen-bond donors (Lipinski definition) is 2. The van der Waals surface area contributed by atoms with Crippen molar-refractivity contribution in [3.05, 3.63) is 57.9 Å². The summed E-state index contributed by atoms with van der Waals surface area (Å²) < 4.78 is 19.8. The Bertz CT molecular complexity index is 724. The number of nitrogens with zero attached hydrogens (tertiary/aromatic N) is 2. The van der Waals surface area contributed by atoms with Crippen LogP contribution in [0.3, 0.4) is 0 Å². The van der Waals surface area contributed by atoms with Crippen molar-refractivity contribution in [2.45, 2.75) is 19.4 Å². The lowest BCUT2D eigenvalue weighted by Crippen LogP contribution is -2.37. The molecule has 2 aromatic rings. The number of halogens is 2. The zero-order valence-electron chi connectivity index (χ0n) is 14.4. The first-order valence-electron chi connectivity index (χ1n) is 8.00. The lowest BCUT2D eigenvalue weighted by molar-refractivity contribution is 0.392. The molecule has 7 heteroatoms. The molecule has 1 aromatic heterocycles. The predicted octanol–water partition coefficient (Wildman–Crippen LogP) is 3.29. The minimum Gasteiger partial charge on any atom is -0.481 e. The Hall–Kier alpha value is -2.15. The molecule has 0 aliphatic carbocycles. The van der Waals surface area contributed by atoms with Gasteiger partial charge in [0.2, 0.25) is 5.88 Å². The Balaban J connectivity index is 1.77. The summed E-state index contributed by atoms with van der Waals surface area (Å²) in [6.07, 6.45) is 3.16. The van der Waals surface area contributed by atoms with Gasteiger partial charge < -0.3 is 15.4 Å². The lowest BCUT2D eigenvalue weighted by atomic mass is 10.1. The molecule has 0 aliphatic rings. The molecular formula is C18H22BrFN4O. The van der Waals surface area contributed by atoms with Gasteiger partial charge in [-0.25, -0.2) is 9.37 Å². The largest absolute Gasteiger partial charge is 0.481 e. The van der Waals surface area contributed by atoms with Crippen molar-refractivity contribution in [3.63, 3.8) is 0 Å². The third-order valence-corrected chi connectivity index (χ3v) is 4.14. The summed E-state index contributed by atoms with van der Waals surface area (Å²) in [5, 5.41) is 6.44. The van der Waals surface area contributed by atoms with E-state index in [1.807, 2.05) is 18.2 Å². The van der Waals surface area contributed by atoms with Crippen LogP contribution >= 0.6 is 15.9 Å². The van der Waals surface area contributed by atoms with E-state index < -0.39 is 0 Å². The van der Waals surface area contributed by atoms with Crippen molar-refractivity contribution in [1.29, 1.82) is 0 Å². The van der Waals surface area contributed by atoms with Gasteiger partial charge in [0, 0.05) is 36.4 Å². The van der Waals surface area contributed by atoms with E-state index in [9.17, 15) is 4.39 Å². The normalized spacial score (nSPS) is 11.3. The van der Waals surface area contributed by atoms with Gasteiger partial charge in [-0.15, -0.1) is 0 Å². The second kappa shape index (κ2) is 9.98. The van der Waals surface area contributed by atoms with E-state index in [0.29, 0.717) is 36.9 Å². The minimum absolute atomic E-state index is 0.180. The van der Waals surface area contributed by atoms with Crippen LogP contribution in [0.2, 0.25) is 0 Å². The van der Waals surface area contributed by atoms with Crippen molar-refractivity contribution >= 4 is 21.9 Å². The highest BCUT2D eigenvalue weighted by molar-refractivity contribution is 9.10. The number of benzene rings is 1. The first-order chi connectivity index (χ1) is 12.1. The fourth-order valence-electron chi connectivity index (χ4n) is 2.35. The second-order valence-electron chi connectivity index (χ2n) is 5.36. The van der Waals surface area contributed by atoms with Crippen molar-refractivity contribution in [2.75, 3.05) is 20.7 Å². The van der Waals surface area contributed by atoms with Crippen molar-refractivity contribution in [3.8, 4) is 5.88 Å². The molecule has 25 heavy (non-hydrogen) atoms. The van der Waals surface area contributed by atoms with Crippen LogP contribution in [0, 0.1) is 5.82 Å². The third-order valence-electron chi connectivity index (χ3n) is 3.64. The zero-order chi connectivity index (χ0) is 18.1. The Morgan fingerprint density at radius 3 is 2.84 bits per heavy atom. The van der Waals surface area contributed by atoms with Crippen molar-refractivity contribution in [2.24, 2.45) is 4.99 Å². The number of guanidine groups is 1. The third kappa shape index (κ3) is 6.01. The van der Waals surface area contributed by atoms with Crippen LogP contribution < -0.4 is 15.4 Å². The first kappa shape index (κ1) is 19.2. The van der Waals surface area contributed by atoms with Crippen LogP contribution in [0.4, 0.5) is 4.39 Å². The van der Waals surface area contributed by atoms with Gasteiger partial charge in [-0.2, -0.15) is 0 Å². The Kier molecular flexibility index (Phi) is 7.66. The molecule has 0 saturated carbocycles. The summed E-state index contributed by atoms with van der Waals surface area (Å²) in [5.41, 5.74) is 1.66. The summed E-state index contributed by atoms with van der Waals surface area (Å²) in [6.45, 7) is 1.25. The Morgan fingerprint density at radius 2 is 2.12 bits per heavy atom. The number of ether oxygens (including phenoxy) is 1. The number of methoxy groups -OCH3 is 1. The summed E-state index contributed by atoms with van der Waals surface area (Å²) in [4.78, 5) is 8.35. The van der Waals surface area contributed by atoms with Crippen LogP contribution in [0.5, 0.6) is 5.88 Å². The molecule has 0 unspecified atom stereocenters. The molecule has 0 fully saturated rings. The van der Waals surface area contributed by atoms with E-state index in [1.54, 1.807) is 26.4 Å². The molecule has 0 saturated heterocycles. The topological polar surface area (TPSA) is 58.5 Å². The average molecular weight is 409 g/mol. The van der Waals surface area contributed by atoms with E-state index in [1.165, 1.54) is 6.07 Å². The molecule has 2 N–H and O–H groups in total. The monoisotopic (exact) mass is 408 g/mol. The van der Waals surface area contributed by atoms with Gasteiger partial charge >= 0.3 is 0 Å². The van der Waals surface area contributed by atoms with Crippen LogP contribution in [-0.2, 0) is 13.0 Å². The molecular weight excluding hydrogens is 387 g/mol. The standard InChI is InChI=1S/C18H22BrFN4O/c1-21-18(24-12-14-6-4-9-22-17(14)25-2)23-10-3-5-13-7-8-15(19)11-16(13)20/h4,6-9,11H,3,5,10,12H2,1-2H3,(H2,21,23,24). The molecule has 134 valence electrons. The molecule has 1 heterocycles. The highest BCUT2D eigenvalue weighted by atomic mass is 79.9. The summed E-state index contributed by atoms with van der Waals surface area (Å²) in [6, 6.07) is 8.96. The number of aryl methyl sites for hydroxylation is 1. The fourth-order valence-corrected chi connectivity index (χ4v) is 2.69. The van der Waals surface area contributed by atoms with E-state index in [-0.39, 0.29) is 5.82 Å². The van der Waals surface area contributed by atoms with Gasteiger partial charge in [0.25, 0.3) is 0 Å². The van der Waals surface area contributed by atoms with Crippen LogP contribution in [-0.4, -0.2) is 31.6 Å². The smallest absolute Gasteiger partial charge is 0.218 e. The Labute approximate surface area is 155 Å². The number of aliphatic imine (C=N–C) groups is 1. The molecule has 0 amide bonds. The lowest BCUT2D eigenvalue weighted by Gasteiger charge is -2.13. The molecule has 0 bridgehead atoms.